The first-order valence-electron chi connectivity index (χ1n) is 7.63. The van der Waals surface area contributed by atoms with E-state index in [4.69, 9.17) is 4.74 Å². The Morgan fingerprint density at radius 2 is 1.92 bits per heavy atom. The topological polar surface area (TPSA) is 91.8 Å². The smallest absolute Gasteiger partial charge is 0.209 e. The van der Waals surface area contributed by atoms with E-state index in [9.17, 15) is 8.42 Å². The summed E-state index contributed by atoms with van der Waals surface area (Å²) in [4.78, 5) is 4.15. The number of nitrogens with zero attached hydrogens (tertiary/aromatic N) is 1. The molecule has 0 aliphatic rings. The molecular weight excluding hydrogens is 455 g/mol. The summed E-state index contributed by atoms with van der Waals surface area (Å²) < 4.78 is 30.7. The molecule has 1 rings (SSSR count). The molecule has 0 heterocycles. The molecule has 7 nitrogen and oxygen atoms in total. The van der Waals surface area contributed by atoms with E-state index in [0.717, 1.165) is 23.1 Å². The van der Waals surface area contributed by atoms with Crippen LogP contribution in [-0.4, -0.2) is 46.9 Å². The van der Waals surface area contributed by atoms with E-state index in [1.165, 1.54) is 0 Å². The van der Waals surface area contributed by atoms with Gasteiger partial charge in [0.2, 0.25) is 10.0 Å². The molecule has 0 saturated heterocycles. The van der Waals surface area contributed by atoms with Crippen LogP contribution in [-0.2, 0) is 16.6 Å². The Labute approximate surface area is 168 Å². The Balaban J connectivity index is 0.00000576. The number of aryl methyl sites for hydroxylation is 1. The third-order valence-corrected chi connectivity index (χ3v) is 4.20. The maximum Gasteiger partial charge on any atom is 0.209 e. The van der Waals surface area contributed by atoms with E-state index >= 15 is 0 Å². The lowest BCUT2D eigenvalue weighted by molar-refractivity contribution is 0.408. The molecular formula is C16H29IN4O3S. The fourth-order valence-corrected chi connectivity index (χ4v) is 3.32. The van der Waals surface area contributed by atoms with Crippen molar-refractivity contribution in [1.29, 1.82) is 0 Å². The summed E-state index contributed by atoms with van der Waals surface area (Å²) in [6.45, 7) is 6.56. The highest BCUT2D eigenvalue weighted by molar-refractivity contribution is 14.0. The molecule has 0 unspecified atom stereocenters. The minimum Gasteiger partial charge on any atom is -0.496 e. The maximum atomic E-state index is 11.4. The van der Waals surface area contributed by atoms with Gasteiger partial charge in [-0.3, -0.25) is 4.99 Å². The first-order valence-corrected chi connectivity index (χ1v) is 9.52. The Morgan fingerprint density at radius 1 is 1.28 bits per heavy atom. The lowest BCUT2D eigenvalue weighted by Gasteiger charge is -2.26. The molecule has 0 aliphatic carbocycles. The van der Waals surface area contributed by atoms with E-state index in [0.29, 0.717) is 19.0 Å². The molecule has 0 aromatic heterocycles. The van der Waals surface area contributed by atoms with Gasteiger partial charge in [-0.25, -0.2) is 13.1 Å². The molecule has 0 saturated carbocycles. The number of guanidine groups is 1. The SMILES string of the molecule is CN=C(NCc1ccc(C)cc1OC)NCC(C)(C)NS(C)(=O)=O.I. The van der Waals surface area contributed by atoms with E-state index in [2.05, 4.69) is 20.3 Å². The van der Waals surface area contributed by atoms with Gasteiger partial charge in [0.1, 0.15) is 5.75 Å². The predicted octanol–water partition coefficient (Wildman–Crippen LogP) is 1.61. The third kappa shape index (κ3) is 9.26. The lowest BCUT2D eigenvalue weighted by atomic mass is 10.1. The van der Waals surface area contributed by atoms with Crippen molar-refractivity contribution in [2.75, 3.05) is 27.0 Å². The second-order valence-electron chi connectivity index (χ2n) is 6.35. The average Bonchev–Trinajstić information content (AvgIpc) is 2.45. The Morgan fingerprint density at radius 3 is 2.44 bits per heavy atom. The van der Waals surface area contributed by atoms with Crippen LogP contribution in [0, 0.1) is 6.92 Å². The van der Waals surface area contributed by atoms with Gasteiger partial charge in [0, 0.05) is 31.2 Å². The quantitative estimate of drug-likeness (QED) is 0.311. The van der Waals surface area contributed by atoms with Gasteiger partial charge in [-0.2, -0.15) is 0 Å². The number of hydrogen-bond acceptors (Lipinski definition) is 4. The molecule has 3 N–H and O–H groups in total. The number of nitrogens with one attached hydrogen (secondary N) is 3. The molecule has 0 spiro atoms. The van der Waals surface area contributed by atoms with E-state index < -0.39 is 15.6 Å². The highest BCUT2D eigenvalue weighted by atomic mass is 127. The van der Waals surface area contributed by atoms with Crippen molar-refractivity contribution in [3.8, 4) is 5.75 Å². The fraction of sp³-hybridized carbons (Fsp3) is 0.562. The van der Waals surface area contributed by atoms with Gasteiger partial charge in [0.15, 0.2) is 5.96 Å². The van der Waals surface area contributed by atoms with Crippen molar-refractivity contribution >= 4 is 40.0 Å². The van der Waals surface area contributed by atoms with Crippen LogP contribution in [0.2, 0.25) is 0 Å². The summed E-state index contributed by atoms with van der Waals surface area (Å²) in [6, 6.07) is 6.00. The van der Waals surface area contributed by atoms with Crippen LogP contribution in [0.4, 0.5) is 0 Å². The lowest BCUT2D eigenvalue weighted by Crippen LogP contribution is -2.52. The molecule has 0 amide bonds. The highest BCUT2D eigenvalue weighted by Gasteiger charge is 2.22. The molecule has 1 aromatic carbocycles. The van der Waals surface area contributed by atoms with Gasteiger partial charge in [-0.15, -0.1) is 24.0 Å². The van der Waals surface area contributed by atoms with E-state index in [1.807, 2.05) is 25.1 Å². The molecule has 9 heteroatoms. The molecule has 0 atom stereocenters. The third-order valence-electron chi connectivity index (χ3n) is 3.27. The number of methoxy groups -OCH3 is 1. The number of ether oxygens (including phenoxy) is 1. The summed E-state index contributed by atoms with van der Waals surface area (Å²) >= 11 is 0. The molecule has 0 radical (unpaired) electrons. The molecule has 0 aliphatic heterocycles. The zero-order valence-corrected chi connectivity index (χ0v) is 18.8. The Hall–Kier alpha value is -1.07. The van der Waals surface area contributed by atoms with Gasteiger partial charge >= 0.3 is 0 Å². The second-order valence-corrected chi connectivity index (χ2v) is 8.10. The van der Waals surface area contributed by atoms with Gasteiger partial charge in [-0.1, -0.05) is 12.1 Å². The molecule has 0 fully saturated rings. The van der Waals surface area contributed by atoms with Crippen LogP contribution in [0.1, 0.15) is 25.0 Å². The molecule has 0 bridgehead atoms. The number of halogens is 1. The van der Waals surface area contributed by atoms with Crippen molar-refractivity contribution < 1.29 is 13.2 Å². The first-order chi connectivity index (χ1) is 11.1. The Kier molecular flexibility index (Phi) is 9.73. The van der Waals surface area contributed by atoms with Crippen LogP contribution in [0.3, 0.4) is 0 Å². The zero-order valence-electron chi connectivity index (χ0n) is 15.6. The van der Waals surface area contributed by atoms with Gasteiger partial charge < -0.3 is 15.4 Å². The number of rotatable bonds is 7. The van der Waals surface area contributed by atoms with Crippen LogP contribution in [0.15, 0.2) is 23.2 Å². The van der Waals surface area contributed by atoms with Crippen LogP contribution in [0.25, 0.3) is 0 Å². The number of sulfonamides is 1. The van der Waals surface area contributed by atoms with Gasteiger partial charge in [-0.05, 0) is 32.4 Å². The number of aliphatic imine (C=N–C) groups is 1. The van der Waals surface area contributed by atoms with Gasteiger partial charge in [0.25, 0.3) is 0 Å². The summed E-state index contributed by atoms with van der Waals surface area (Å²) in [6.07, 6.45) is 1.14. The largest absolute Gasteiger partial charge is 0.496 e. The van der Waals surface area contributed by atoms with E-state index in [-0.39, 0.29) is 24.0 Å². The fourth-order valence-electron chi connectivity index (χ4n) is 2.24. The summed E-state index contributed by atoms with van der Waals surface area (Å²) in [5.41, 5.74) is 1.51. The van der Waals surface area contributed by atoms with Crippen molar-refractivity contribution in [1.82, 2.24) is 15.4 Å². The van der Waals surface area contributed by atoms with E-state index in [1.54, 1.807) is 28.0 Å². The van der Waals surface area contributed by atoms with Crippen LogP contribution < -0.4 is 20.1 Å². The van der Waals surface area contributed by atoms with Crippen molar-refractivity contribution in [2.45, 2.75) is 32.9 Å². The predicted molar refractivity (Wildman–Crippen MR) is 113 cm³/mol. The number of hydrogen-bond donors (Lipinski definition) is 3. The summed E-state index contributed by atoms with van der Waals surface area (Å²) in [5, 5.41) is 6.32. The van der Waals surface area contributed by atoms with Crippen LogP contribution in [0.5, 0.6) is 5.75 Å². The van der Waals surface area contributed by atoms with Gasteiger partial charge in [0.05, 0.1) is 13.4 Å². The minimum atomic E-state index is -3.27. The summed E-state index contributed by atoms with van der Waals surface area (Å²) in [7, 11) is 0.0373. The maximum absolute atomic E-state index is 11.4. The molecule has 144 valence electrons. The minimum absolute atomic E-state index is 0. The monoisotopic (exact) mass is 484 g/mol. The normalized spacial score (nSPS) is 12.3. The number of benzene rings is 1. The van der Waals surface area contributed by atoms with Crippen LogP contribution >= 0.6 is 24.0 Å². The zero-order chi connectivity index (χ0) is 18.4. The Bertz CT molecular complexity index is 691. The average molecular weight is 484 g/mol. The van der Waals surface area contributed by atoms with Crippen molar-refractivity contribution in [3.05, 3.63) is 29.3 Å². The molecule has 25 heavy (non-hydrogen) atoms. The highest BCUT2D eigenvalue weighted by Crippen LogP contribution is 2.19. The molecule has 1 aromatic rings. The van der Waals surface area contributed by atoms with Crippen molar-refractivity contribution in [3.63, 3.8) is 0 Å². The first kappa shape index (κ1) is 23.9. The summed E-state index contributed by atoms with van der Waals surface area (Å²) in [5.74, 6) is 1.40. The van der Waals surface area contributed by atoms with Crippen molar-refractivity contribution in [2.24, 2.45) is 4.99 Å². The second kappa shape index (κ2) is 10.2. The standard InChI is InChI=1S/C16H28N4O3S.HI/c1-12-7-8-13(14(9-12)23-5)10-18-15(17-4)19-11-16(2,3)20-24(6,21)22;/h7-9,20H,10-11H2,1-6H3,(H2,17,18,19);1H.